The van der Waals surface area contributed by atoms with Gasteiger partial charge >= 0.3 is 6.61 Å². The minimum Gasteiger partial charge on any atom is -0.433 e. The van der Waals surface area contributed by atoms with Crippen LogP contribution in [0.1, 0.15) is 42.9 Å². The van der Waals surface area contributed by atoms with E-state index in [4.69, 9.17) is 0 Å². The highest BCUT2D eigenvalue weighted by Gasteiger charge is 2.37. The lowest BCUT2D eigenvalue weighted by atomic mass is 9.86. The second kappa shape index (κ2) is 8.27. The highest BCUT2D eigenvalue weighted by atomic mass is 19.3. The zero-order valence-electron chi connectivity index (χ0n) is 15.6. The summed E-state index contributed by atoms with van der Waals surface area (Å²) in [6.07, 6.45) is 5.41. The van der Waals surface area contributed by atoms with E-state index >= 15 is 0 Å². The minimum absolute atomic E-state index is 0.0215. The van der Waals surface area contributed by atoms with Crippen molar-refractivity contribution in [1.29, 1.82) is 0 Å². The molecule has 0 heterocycles. The van der Waals surface area contributed by atoms with E-state index in [1.807, 2.05) is 0 Å². The summed E-state index contributed by atoms with van der Waals surface area (Å²) < 4.78 is 29.7. The number of carbonyl (C=O) groups is 1. The van der Waals surface area contributed by atoms with Gasteiger partial charge in [0, 0.05) is 12.1 Å². The summed E-state index contributed by atoms with van der Waals surface area (Å²) in [5, 5.41) is 2.75. The van der Waals surface area contributed by atoms with Gasteiger partial charge in [-0.1, -0.05) is 36.4 Å². The molecule has 148 valence electrons. The third-order valence-electron chi connectivity index (χ3n) is 5.46. The smallest absolute Gasteiger partial charge is 0.387 e. The number of halogens is 2. The molecular weight excluding hydrogens is 362 g/mol. The Balaban J connectivity index is 1.49. The average Bonchev–Trinajstić information content (AvgIpc) is 3.52. The molecule has 1 fully saturated rings. The second-order valence-electron chi connectivity index (χ2n) is 7.43. The van der Waals surface area contributed by atoms with Crippen molar-refractivity contribution >= 4 is 11.6 Å². The number of hydrogen-bond donors (Lipinski definition) is 1. The summed E-state index contributed by atoms with van der Waals surface area (Å²) in [4.78, 5) is 15.0. The Morgan fingerprint density at radius 1 is 1.11 bits per heavy atom. The first-order valence-corrected chi connectivity index (χ1v) is 9.79. The standard InChI is InChI=1S/C22H24F2N2O2/c23-22(24)28-20-11-4-3-9-18(20)25-21(27)14-26(16-12-13-16)19-10-5-7-15-6-1-2-8-17(15)19/h1-4,6,8-9,11,16,19,22H,5,7,10,12-14H2,(H,25,27). The van der Waals surface area contributed by atoms with E-state index in [9.17, 15) is 13.6 Å². The highest BCUT2D eigenvalue weighted by molar-refractivity contribution is 5.93. The van der Waals surface area contributed by atoms with Crippen molar-refractivity contribution in [3.63, 3.8) is 0 Å². The summed E-state index contributed by atoms with van der Waals surface area (Å²) >= 11 is 0. The summed E-state index contributed by atoms with van der Waals surface area (Å²) in [5.74, 6) is -0.230. The van der Waals surface area contributed by atoms with Gasteiger partial charge in [0.1, 0.15) is 5.75 Å². The molecule has 2 aromatic carbocycles. The molecule has 2 aliphatic rings. The van der Waals surface area contributed by atoms with Crippen LogP contribution >= 0.6 is 0 Å². The lowest BCUT2D eigenvalue weighted by Crippen LogP contribution is -2.39. The van der Waals surface area contributed by atoms with Gasteiger partial charge in [0.05, 0.1) is 12.2 Å². The van der Waals surface area contributed by atoms with E-state index in [0.29, 0.717) is 6.04 Å². The Morgan fingerprint density at radius 3 is 2.64 bits per heavy atom. The first-order chi connectivity index (χ1) is 13.6. The van der Waals surface area contributed by atoms with E-state index in [0.717, 1.165) is 32.1 Å². The molecule has 4 rings (SSSR count). The number of para-hydroxylation sites is 2. The third kappa shape index (κ3) is 4.33. The normalized spacial score (nSPS) is 18.8. The van der Waals surface area contributed by atoms with Crippen LogP contribution in [-0.2, 0) is 11.2 Å². The number of anilines is 1. The van der Waals surface area contributed by atoms with Crippen LogP contribution in [0.25, 0.3) is 0 Å². The minimum atomic E-state index is -2.93. The molecule has 28 heavy (non-hydrogen) atoms. The van der Waals surface area contributed by atoms with Crippen LogP contribution in [0.5, 0.6) is 5.75 Å². The van der Waals surface area contributed by atoms with Gasteiger partial charge in [-0.05, 0) is 55.4 Å². The maximum absolute atomic E-state index is 12.8. The third-order valence-corrected chi connectivity index (χ3v) is 5.46. The fourth-order valence-corrected chi connectivity index (χ4v) is 4.10. The number of rotatable bonds is 7. The van der Waals surface area contributed by atoms with Crippen LogP contribution in [-0.4, -0.2) is 30.0 Å². The molecule has 0 aromatic heterocycles. The molecule has 4 nitrogen and oxygen atoms in total. The number of fused-ring (bicyclic) bond motifs is 1. The number of carbonyl (C=O) groups excluding carboxylic acids is 1. The molecule has 1 atom stereocenters. The number of nitrogens with zero attached hydrogens (tertiary/aromatic N) is 1. The molecule has 2 aliphatic carbocycles. The van der Waals surface area contributed by atoms with E-state index < -0.39 is 6.61 Å². The number of alkyl halides is 2. The highest BCUT2D eigenvalue weighted by Crippen LogP contribution is 2.40. The van der Waals surface area contributed by atoms with Gasteiger partial charge in [0.25, 0.3) is 0 Å². The number of hydrogen-bond acceptors (Lipinski definition) is 3. The van der Waals surface area contributed by atoms with Gasteiger partial charge in [-0.25, -0.2) is 0 Å². The zero-order chi connectivity index (χ0) is 19.5. The molecule has 0 aliphatic heterocycles. The molecule has 1 unspecified atom stereocenters. The molecular formula is C22H24F2N2O2. The van der Waals surface area contributed by atoms with Gasteiger partial charge in [-0.2, -0.15) is 8.78 Å². The zero-order valence-corrected chi connectivity index (χ0v) is 15.6. The summed E-state index contributed by atoms with van der Waals surface area (Å²) in [7, 11) is 0. The number of nitrogens with one attached hydrogen (secondary N) is 1. The Kier molecular flexibility index (Phi) is 5.57. The fourth-order valence-electron chi connectivity index (χ4n) is 4.10. The van der Waals surface area contributed by atoms with Crippen molar-refractivity contribution in [1.82, 2.24) is 4.90 Å². The Hall–Kier alpha value is -2.47. The van der Waals surface area contributed by atoms with Crippen LogP contribution in [0.15, 0.2) is 48.5 Å². The molecule has 0 saturated heterocycles. The average molecular weight is 386 g/mol. The van der Waals surface area contributed by atoms with Crippen LogP contribution in [0.4, 0.5) is 14.5 Å². The molecule has 0 radical (unpaired) electrons. The van der Waals surface area contributed by atoms with E-state index in [-0.39, 0.29) is 29.9 Å². The molecule has 6 heteroatoms. The number of amides is 1. The molecule has 0 bridgehead atoms. The van der Waals surface area contributed by atoms with Crippen molar-refractivity contribution < 1.29 is 18.3 Å². The van der Waals surface area contributed by atoms with Gasteiger partial charge in [-0.15, -0.1) is 0 Å². The Morgan fingerprint density at radius 2 is 1.86 bits per heavy atom. The fraction of sp³-hybridized carbons (Fsp3) is 0.409. The Labute approximate surface area is 163 Å². The first-order valence-electron chi connectivity index (χ1n) is 9.79. The summed E-state index contributed by atoms with van der Waals surface area (Å²) in [5.41, 5.74) is 2.95. The molecule has 2 aromatic rings. The van der Waals surface area contributed by atoms with Gasteiger partial charge in [0.2, 0.25) is 5.91 Å². The van der Waals surface area contributed by atoms with Gasteiger partial charge in [0.15, 0.2) is 0 Å². The predicted molar refractivity (Wildman–Crippen MR) is 104 cm³/mol. The topological polar surface area (TPSA) is 41.6 Å². The van der Waals surface area contributed by atoms with Gasteiger partial charge in [-0.3, -0.25) is 9.69 Å². The van der Waals surface area contributed by atoms with Gasteiger partial charge < -0.3 is 10.1 Å². The lowest BCUT2D eigenvalue weighted by molar-refractivity contribution is -0.118. The molecule has 1 N–H and O–H groups in total. The van der Waals surface area contributed by atoms with E-state index in [1.165, 1.54) is 17.2 Å². The van der Waals surface area contributed by atoms with Crippen LogP contribution in [0.2, 0.25) is 0 Å². The summed E-state index contributed by atoms with van der Waals surface area (Å²) in [6.45, 7) is -2.69. The maximum Gasteiger partial charge on any atom is 0.387 e. The monoisotopic (exact) mass is 386 g/mol. The van der Waals surface area contributed by atoms with Crippen molar-refractivity contribution in [2.24, 2.45) is 0 Å². The lowest BCUT2D eigenvalue weighted by Gasteiger charge is -2.35. The number of benzene rings is 2. The van der Waals surface area contributed by atoms with Crippen LogP contribution < -0.4 is 10.1 Å². The second-order valence-corrected chi connectivity index (χ2v) is 7.43. The predicted octanol–water partition coefficient (Wildman–Crippen LogP) is 4.77. The SMILES string of the molecule is O=C(CN(C1CC1)C1CCCc2ccccc21)Nc1ccccc1OC(F)F. The largest absolute Gasteiger partial charge is 0.433 e. The Bertz CT molecular complexity index is 839. The van der Waals surface area contributed by atoms with Crippen molar-refractivity contribution in [2.45, 2.75) is 50.8 Å². The quantitative estimate of drug-likeness (QED) is 0.745. The molecule has 1 amide bonds. The van der Waals surface area contributed by atoms with E-state index in [2.05, 4.69) is 39.2 Å². The summed E-state index contributed by atoms with van der Waals surface area (Å²) in [6, 6.07) is 15.4. The maximum atomic E-state index is 12.8. The van der Waals surface area contributed by atoms with Crippen LogP contribution in [0.3, 0.4) is 0 Å². The first kappa shape index (κ1) is 18.9. The van der Waals surface area contributed by atoms with Crippen molar-refractivity contribution in [2.75, 3.05) is 11.9 Å². The molecule has 0 spiro atoms. The van der Waals surface area contributed by atoms with E-state index in [1.54, 1.807) is 18.2 Å². The van der Waals surface area contributed by atoms with Crippen molar-refractivity contribution in [3.05, 3.63) is 59.7 Å². The van der Waals surface area contributed by atoms with Crippen molar-refractivity contribution in [3.8, 4) is 5.75 Å². The number of aryl methyl sites for hydroxylation is 1. The van der Waals surface area contributed by atoms with Crippen LogP contribution in [0, 0.1) is 0 Å². The molecule has 1 saturated carbocycles. The number of ether oxygens (including phenoxy) is 1.